The number of ether oxygens (including phenoxy) is 1. The van der Waals surface area contributed by atoms with E-state index in [4.69, 9.17) is 17.0 Å². The van der Waals surface area contributed by atoms with Crippen LogP contribution in [0, 0.1) is 56.7 Å². The van der Waals surface area contributed by atoms with Gasteiger partial charge in [0.25, 0.3) is 5.91 Å². The molecular weight excluding hydrogens is 797 g/mol. The van der Waals surface area contributed by atoms with E-state index in [0.29, 0.717) is 55.5 Å². The molecule has 7 aliphatic rings. The normalized spacial score (nSPS) is 39.7. The summed E-state index contributed by atoms with van der Waals surface area (Å²) < 4.78 is 30.2. The highest BCUT2D eigenvalue weighted by atomic mass is 32.2. The predicted molar refractivity (Wildman–Crippen MR) is 245 cm³/mol. The maximum Gasteiger partial charge on any atom is 0.317 e. The number of nitrogens with one attached hydrogen (secondary N) is 1. The predicted octanol–water partition coefficient (Wildman–Crippen LogP) is 8.69. The van der Waals surface area contributed by atoms with Gasteiger partial charge in [0.15, 0.2) is 9.84 Å². The van der Waals surface area contributed by atoms with E-state index in [1.807, 2.05) is 0 Å². The van der Waals surface area contributed by atoms with Gasteiger partial charge in [-0.05, 0) is 159 Å². The number of nitrogens with two attached hydrogens (primary N) is 1. The molecule has 0 aromatic carbocycles. The van der Waals surface area contributed by atoms with Crippen molar-refractivity contribution < 1.29 is 27.9 Å². The molecule has 0 radical (unpaired) electrons. The molecule has 338 valence electrons. The average molecular weight is 869 g/mol. The zero-order valence-corrected chi connectivity index (χ0v) is 38.9. The van der Waals surface area contributed by atoms with E-state index < -0.39 is 27.1 Å². The topological polar surface area (TPSA) is 152 Å². The molecule has 1 aromatic rings. The monoisotopic (exact) mass is 869 g/mol. The van der Waals surface area contributed by atoms with Gasteiger partial charge in [-0.25, -0.2) is 13.4 Å². The maximum absolute atomic E-state index is 13.0. The van der Waals surface area contributed by atoms with Crippen LogP contribution < -0.4 is 15.8 Å². The number of primary amides is 1. The van der Waals surface area contributed by atoms with Gasteiger partial charge in [-0.3, -0.25) is 9.59 Å². The number of allylic oxidation sites excluding steroid dienone is 6. The third-order valence-corrected chi connectivity index (χ3v) is 20.5. The van der Waals surface area contributed by atoms with E-state index in [1.54, 1.807) is 6.07 Å². The fraction of sp³-hybridized carbons (Fsp3) is 0.667. The van der Waals surface area contributed by atoms with Crippen molar-refractivity contribution in [2.45, 2.75) is 117 Å². The molecule has 11 heteroatoms. The lowest BCUT2D eigenvalue weighted by molar-refractivity contribution is -0.208. The molecule has 1 aliphatic heterocycles. The number of nitrogens with zero attached hydrogens (tertiary/aromatic N) is 2. The number of carboxylic acids is 1. The number of aliphatic carboxylic acids is 1. The van der Waals surface area contributed by atoms with Crippen molar-refractivity contribution in [3.05, 3.63) is 84.3 Å². The summed E-state index contributed by atoms with van der Waals surface area (Å²) in [5, 5.41) is 14.8. The fourth-order valence-corrected chi connectivity index (χ4v) is 17.0. The molecular formula is C51H72N4O6S. The molecule has 10 atom stereocenters. The van der Waals surface area contributed by atoms with Crippen molar-refractivity contribution in [1.29, 1.82) is 0 Å². The Labute approximate surface area is 370 Å². The highest BCUT2D eigenvalue weighted by Crippen LogP contribution is 2.77. The number of aromatic nitrogens is 1. The van der Waals surface area contributed by atoms with Crippen LogP contribution in [0.3, 0.4) is 0 Å². The van der Waals surface area contributed by atoms with Crippen molar-refractivity contribution in [2.24, 2.45) is 62.4 Å². The van der Waals surface area contributed by atoms with Crippen LogP contribution in [0.5, 0.6) is 5.88 Å². The first-order valence-electron chi connectivity index (χ1n) is 23.4. The van der Waals surface area contributed by atoms with Crippen LogP contribution in [0.4, 0.5) is 0 Å². The minimum Gasteiger partial charge on any atom is -0.480 e. The van der Waals surface area contributed by atoms with E-state index in [9.17, 15) is 23.1 Å². The first-order chi connectivity index (χ1) is 29.2. The SMILES string of the molecule is C=C[C@@]12CC[C@@]3(NCCN4CCS(=O)(=O)CC4)CC[C@@H](C(=C)C)C3[C@H]1CCC1[C@@]3(C)CC=C(C4=CC[C@](C(=C)Oc5ncccc5C(N)=O)(C(=O)O)CC4)C(C)(C)C3CC[C@]12C. The Morgan fingerprint density at radius 3 is 2.39 bits per heavy atom. The minimum atomic E-state index is -2.90. The lowest BCUT2D eigenvalue weighted by Crippen LogP contribution is -2.68. The van der Waals surface area contributed by atoms with Crippen LogP contribution in [0.15, 0.2) is 78.8 Å². The Balaban J connectivity index is 1.03. The van der Waals surface area contributed by atoms with Crippen LogP contribution in [-0.2, 0) is 14.6 Å². The lowest BCUT2D eigenvalue weighted by Gasteiger charge is -2.72. The van der Waals surface area contributed by atoms with Gasteiger partial charge >= 0.3 is 5.97 Å². The molecule has 1 aromatic heterocycles. The van der Waals surface area contributed by atoms with Crippen molar-refractivity contribution in [2.75, 3.05) is 37.7 Å². The van der Waals surface area contributed by atoms with Crippen molar-refractivity contribution in [3.63, 3.8) is 0 Å². The third-order valence-electron chi connectivity index (χ3n) is 18.9. The van der Waals surface area contributed by atoms with Gasteiger partial charge in [0, 0.05) is 37.9 Å². The lowest BCUT2D eigenvalue weighted by atomic mass is 9.32. The van der Waals surface area contributed by atoms with Crippen molar-refractivity contribution in [3.8, 4) is 5.88 Å². The molecule has 2 heterocycles. The number of rotatable bonds is 12. The summed E-state index contributed by atoms with van der Waals surface area (Å²) >= 11 is 0. The second-order valence-electron chi connectivity index (χ2n) is 21.7. The molecule has 62 heavy (non-hydrogen) atoms. The second-order valence-corrected chi connectivity index (χ2v) is 24.0. The molecule has 3 unspecified atom stereocenters. The van der Waals surface area contributed by atoms with E-state index in [-0.39, 0.29) is 62.3 Å². The highest BCUT2D eigenvalue weighted by molar-refractivity contribution is 7.91. The summed E-state index contributed by atoms with van der Waals surface area (Å²) in [4.78, 5) is 31.6. The summed E-state index contributed by atoms with van der Waals surface area (Å²) in [7, 11) is -2.90. The summed E-state index contributed by atoms with van der Waals surface area (Å²) in [6.07, 6.45) is 20.0. The van der Waals surface area contributed by atoms with Gasteiger partial charge in [0.1, 0.15) is 16.7 Å². The molecule has 0 spiro atoms. The highest BCUT2D eigenvalue weighted by Gasteiger charge is 2.71. The van der Waals surface area contributed by atoms with Crippen LogP contribution in [0.1, 0.15) is 122 Å². The molecule has 1 amide bonds. The Morgan fingerprint density at radius 1 is 1.00 bits per heavy atom. The van der Waals surface area contributed by atoms with E-state index in [2.05, 4.69) is 81.2 Å². The number of carboxylic acid groups (broad SMARTS) is 1. The molecule has 4 N–H and O–H groups in total. The summed E-state index contributed by atoms with van der Waals surface area (Å²) in [6.45, 7) is 28.8. The molecule has 8 rings (SSSR count). The molecule has 4 saturated carbocycles. The minimum absolute atomic E-state index is 0.0249. The van der Waals surface area contributed by atoms with Gasteiger partial charge in [0.2, 0.25) is 5.88 Å². The standard InChI is InChI=1S/C51H72N4O6S/c1-9-50-24-25-51(54-27-28-55-29-31-62(59,60)32-30-55)23-16-36(33(2)3)42(51)39(50)12-13-41-47(7)19-17-38(46(5,6)40(47)18-20-48(41,50)8)35-14-21-49(22-15-35,45(57)58)34(4)61-44-37(43(52)56)11-10-26-53-44/h9-11,14,17,26,36,39-42,54H,1-2,4,12-13,15-16,18-25,27-32H2,3,5-8H3,(H2,52,56)(H,57,58)/t36-,39+,40?,41?,42?,47-,48+,49-,50+,51-/m0/s1. The Bertz CT molecular complexity index is 2200. The average Bonchev–Trinajstić information content (AvgIpc) is 3.61. The smallest absolute Gasteiger partial charge is 0.317 e. The largest absolute Gasteiger partial charge is 0.480 e. The summed E-state index contributed by atoms with van der Waals surface area (Å²) in [6, 6.07) is 3.10. The van der Waals surface area contributed by atoms with Gasteiger partial charge in [-0.2, -0.15) is 0 Å². The number of fused-ring (bicyclic) bond motifs is 7. The zero-order chi connectivity index (χ0) is 44.7. The number of carbonyl (C=O) groups is 2. The van der Waals surface area contributed by atoms with E-state index in [1.165, 1.54) is 61.1 Å². The van der Waals surface area contributed by atoms with Gasteiger partial charge in [-0.15, -0.1) is 6.58 Å². The van der Waals surface area contributed by atoms with Crippen LogP contribution in [0.25, 0.3) is 0 Å². The Hall–Kier alpha value is -3.54. The molecule has 0 bridgehead atoms. The summed E-state index contributed by atoms with van der Waals surface area (Å²) in [5.74, 6) is 1.38. The van der Waals surface area contributed by atoms with Crippen molar-refractivity contribution in [1.82, 2.24) is 15.2 Å². The van der Waals surface area contributed by atoms with E-state index >= 15 is 0 Å². The number of sulfone groups is 1. The quantitative estimate of drug-likeness (QED) is 0.138. The zero-order valence-electron chi connectivity index (χ0n) is 38.1. The van der Waals surface area contributed by atoms with Crippen LogP contribution in [-0.4, -0.2) is 78.5 Å². The number of hydrogen-bond acceptors (Lipinski definition) is 8. The third kappa shape index (κ3) is 6.92. The van der Waals surface area contributed by atoms with E-state index in [0.717, 1.165) is 38.8 Å². The van der Waals surface area contributed by atoms with Gasteiger partial charge < -0.3 is 25.8 Å². The first kappa shape index (κ1) is 45.0. The fourth-order valence-electron chi connectivity index (χ4n) is 15.7. The van der Waals surface area contributed by atoms with Crippen LogP contribution in [0.2, 0.25) is 0 Å². The second kappa shape index (κ2) is 15.9. The van der Waals surface area contributed by atoms with Gasteiger partial charge in [-0.1, -0.05) is 64.7 Å². The molecule has 5 fully saturated rings. The number of amides is 1. The number of hydrogen-bond donors (Lipinski definition) is 3. The first-order valence-corrected chi connectivity index (χ1v) is 25.2. The molecule has 1 saturated heterocycles. The number of carbonyl (C=O) groups excluding carboxylic acids is 1. The molecule has 10 nitrogen and oxygen atoms in total. The maximum atomic E-state index is 13.0. The Morgan fingerprint density at radius 2 is 1.74 bits per heavy atom. The van der Waals surface area contributed by atoms with Gasteiger partial charge in [0.05, 0.1) is 11.5 Å². The number of pyridine rings is 1. The van der Waals surface area contributed by atoms with Crippen LogP contribution >= 0.6 is 0 Å². The molecule has 6 aliphatic carbocycles. The summed E-state index contributed by atoms with van der Waals surface area (Å²) in [5.41, 5.74) is 8.37. The van der Waals surface area contributed by atoms with Crippen molar-refractivity contribution >= 4 is 21.7 Å². The Kier molecular flexibility index (Phi) is 11.5.